The van der Waals surface area contributed by atoms with Crippen LogP contribution in [0.15, 0.2) is 53.7 Å². The van der Waals surface area contributed by atoms with Gasteiger partial charge in [-0.05, 0) is 32.0 Å². The van der Waals surface area contributed by atoms with Gasteiger partial charge in [0.25, 0.3) is 10.0 Å². The Morgan fingerprint density at radius 3 is 2.35 bits per heavy atom. The van der Waals surface area contributed by atoms with E-state index in [4.69, 9.17) is 0 Å². The van der Waals surface area contributed by atoms with Crippen LogP contribution in [0.5, 0.6) is 0 Å². The van der Waals surface area contributed by atoms with Gasteiger partial charge in [0.05, 0.1) is 18.1 Å². The molecule has 1 N–H and O–H groups in total. The zero-order valence-corrected chi connectivity index (χ0v) is 13.4. The van der Waals surface area contributed by atoms with E-state index in [0.717, 1.165) is 5.69 Å². The number of anilines is 1. The largest absolute Gasteiger partial charge is 0.267 e. The zero-order valence-electron chi connectivity index (χ0n) is 12.6. The minimum absolute atomic E-state index is 0.0455. The molecule has 3 aromatic rings. The molecule has 0 aliphatic rings. The second kappa shape index (κ2) is 5.81. The van der Waals surface area contributed by atoms with Crippen LogP contribution >= 0.6 is 0 Å². The van der Waals surface area contributed by atoms with Crippen LogP contribution < -0.4 is 4.72 Å². The van der Waals surface area contributed by atoms with Gasteiger partial charge in [-0.1, -0.05) is 18.2 Å². The molecule has 118 valence electrons. The van der Waals surface area contributed by atoms with Crippen molar-refractivity contribution < 1.29 is 8.42 Å². The lowest BCUT2D eigenvalue weighted by molar-refractivity contribution is 0.600. The van der Waals surface area contributed by atoms with Gasteiger partial charge in [0.15, 0.2) is 0 Å². The molecule has 2 heterocycles. The number of para-hydroxylation sites is 1. The molecular weight excluding hydrogens is 314 g/mol. The van der Waals surface area contributed by atoms with E-state index in [2.05, 4.69) is 19.8 Å². The number of sulfonamides is 1. The minimum atomic E-state index is -3.79. The van der Waals surface area contributed by atoms with Crippen molar-refractivity contribution in [2.24, 2.45) is 0 Å². The lowest BCUT2D eigenvalue weighted by Crippen LogP contribution is -2.15. The molecule has 0 saturated heterocycles. The molecule has 0 aliphatic carbocycles. The summed E-state index contributed by atoms with van der Waals surface area (Å²) in [5.74, 6) is 0.0509. The number of hydrogen-bond donors (Lipinski definition) is 1. The van der Waals surface area contributed by atoms with Gasteiger partial charge < -0.3 is 0 Å². The minimum Gasteiger partial charge on any atom is -0.247 e. The molecule has 0 aliphatic heterocycles. The van der Waals surface area contributed by atoms with Crippen LogP contribution in [0, 0.1) is 13.8 Å². The average Bonchev–Trinajstić information content (AvgIpc) is 2.97. The van der Waals surface area contributed by atoms with Crippen LogP contribution in [0.25, 0.3) is 5.69 Å². The van der Waals surface area contributed by atoms with Crippen LogP contribution in [0.3, 0.4) is 0 Å². The Balaban J connectivity index is 1.90. The summed E-state index contributed by atoms with van der Waals surface area (Å²) >= 11 is 0. The van der Waals surface area contributed by atoms with Crippen molar-refractivity contribution in [2.75, 3.05) is 4.72 Å². The predicted octanol–water partition coefficient (Wildman–Crippen LogP) is 2.08. The summed E-state index contributed by atoms with van der Waals surface area (Å²) < 4.78 is 28.7. The highest BCUT2D eigenvalue weighted by Crippen LogP contribution is 2.15. The van der Waals surface area contributed by atoms with Crippen LogP contribution in [-0.4, -0.2) is 28.2 Å². The number of nitrogens with zero attached hydrogens (tertiary/aromatic N) is 4. The molecule has 0 radical (unpaired) electrons. The van der Waals surface area contributed by atoms with Gasteiger partial charge in [0.1, 0.15) is 4.90 Å². The topological polar surface area (TPSA) is 89.8 Å². The van der Waals surface area contributed by atoms with Gasteiger partial charge in [0.2, 0.25) is 5.95 Å². The maximum atomic E-state index is 12.4. The van der Waals surface area contributed by atoms with Crippen LogP contribution in [0.2, 0.25) is 0 Å². The van der Waals surface area contributed by atoms with Crippen molar-refractivity contribution in [3.63, 3.8) is 0 Å². The first-order valence-electron chi connectivity index (χ1n) is 6.89. The van der Waals surface area contributed by atoms with Crippen molar-refractivity contribution in [3.8, 4) is 5.69 Å². The Hall–Kier alpha value is -2.74. The van der Waals surface area contributed by atoms with Gasteiger partial charge in [-0.3, -0.25) is 0 Å². The summed E-state index contributed by atoms with van der Waals surface area (Å²) in [6.07, 6.45) is 2.73. The third-order valence-electron chi connectivity index (χ3n) is 3.10. The fourth-order valence-corrected chi connectivity index (χ4v) is 2.99. The number of aryl methyl sites for hydroxylation is 2. The molecule has 0 amide bonds. The van der Waals surface area contributed by atoms with Crippen LogP contribution in [-0.2, 0) is 10.0 Å². The first-order valence-corrected chi connectivity index (χ1v) is 8.37. The van der Waals surface area contributed by atoms with E-state index in [1.165, 1.54) is 17.1 Å². The van der Waals surface area contributed by atoms with E-state index in [0.29, 0.717) is 11.4 Å². The van der Waals surface area contributed by atoms with Gasteiger partial charge in [0, 0.05) is 11.4 Å². The summed E-state index contributed by atoms with van der Waals surface area (Å²) in [6.45, 7) is 3.56. The lowest BCUT2D eigenvalue weighted by atomic mass is 10.3. The maximum Gasteiger partial charge on any atom is 0.267 e. The highest BCUT2D eigenvalue weighted by molar-refractivity contribution is 7.92. The number of rotatable bonds is 4. The predicted molar refractivity (Wildman–Crippen MR) is 85.9 cm³/mol. The summed E-state index contributed by atoms with van der Waals surface area (Å²) in [5.41, 5.74) is 2.15. The zero-order chi connectivity index (χ0) is 16.4. The Kier molecular flexibility index (Phi) is 3.83. The van der Waals surface area contributed by atoms with Crippen LogP contribution in [0.4, 0.5) is 5.95 Å². The Bertz CT molecular complexity index is 915. The van der Waals surface area contributed by atoms with E-state index in [1.54, 1.807) is 19.9 Å². The van der Waals surface area contributed by atoms with Gasteiger partial charge in [-0.25, -0.2) is 27.8 Å². The van der Waals surface area contributed by atoms with Crippen molar-refractivity contribution in [1.82, 2.24) is 19.7 Å². The summed E-state index contributed by atoms with van der Waals surface area (Å²) in [5, 5.41) is 4.09. The Morgan fingerprint density at radius 2 is 1.70 bits per heavy atom. The fraction of sp³-hybridized carbons (Fsp3) is 0.133. The lowest BCUT2D eigenvalue weighted by Gasteiger charge is -2.06. The molecule has 0 unspecified atom stereocenters. The molecular formula is C15H15N5O2S. The SMILES string of the molecule is Cc1cc(C)nc(NS(=O)(=O)c2cnn(-c3ccccc3)c2)n1. The summed E-state index contributed by atoms with van der Waals surface area (Å²) in [7, 11) is -3.79. The molecule has 2 aromatic heterocycles. The van der Waals surface area contributed by atoms with E-state index in [1.807, 2.05) is 30.3 Å². The van der Waals surface area contributed by atoms with E-state index >= 15 is 0 Å². The monoisotopic (exact) mass is 329 g/mol. The Morgan fingerprint density at radius 1 is 1.04 bits per heavy atom. The smallest absolute Gasteiger partial charge is 0.247 e. The van der Waals surface area contributed by atoms with E-state index < -0.39 is 10.0 Å². The number of benzene rings is 1. The van der Waals surface area contributed by atoms with Crippen molar-refractivity contribution >= 4 is 16.0 Å². The third-order valence-corrected chi connectivity index (χ3v) is 4.38. The molecule has 7 nitrogen and oxygen atoms in total. The molecule has 3 rings (SSSR count). The standard InChI is InChI=1S/C15H15N5O2S/c1-11-8-12(2)18-15(17-11)19-23(21,22)14-9-16-20(10-14)13-6-4-3-5-7-13/h3-10H,1-2H3,(H,17,18,19). The van der Waals surface area contributed by atoms with Gasteiger partial charge in [-0.2, -0.15) is 5.10 Å². The molecule has 0 bridgehead atoms. The highest BCUT2D eigenvalue weighted by atomic mass is 32.2. The number of aromatic nitrogens is 4. The molecule has 0 atom stereocenters. The van der Waals surface area contributed by atoms with Crippen LogP contribution in [0.1, 0.15) is 11.4 Å². The van der Waals surface area contributed by atoms with E-state index in [9.17, 15) is 8.42 Å². The molecule has 0 fully saturated rings. The second-order valence-electron chi connectivity index (χ2n) is 5.04. The van der Waals surface area contributed by atoms with Gasteiger partial charge in [-0.15, -0.1) is 0 Å². The maximum absolute atomic E-state index is 12.4. The third kappa shape index (κ3) is 3.37. The second-order valence-corrected chi connectivity index (χ2v) is 6.72. The number of nitrogens with one attached hydrogen (secondary N) is 1. The fourth-order valence-electron chi connectivity index (χ4n) is 2.12. The normalized spacial score (nSPS) is 11.4. The van der Waals surface area contributed by atoms with Crippen molar-refractivity contribution in [1.29, 1.82) is 0 Å². The highest BCUT2D eigenvalue weighted by Gasteiger charge is 2.18. The van der Waals surface area contributed by atoms with E-state index in [-0.39, 0.29) is 10.8 Å². The number of hydrogen-bond acceptors (Lipinski definition) is 5. The first-order chi connectivity index (χ1) is 10.9. The molecule has 0 saturated carbocycles. The summed E-state index contributed by atoms with van der Waals surface area (Å²) in [4.78, 5) is 8.21. The van der Waals surface area contributed by atoms with Crippen molar-refractivity contribution in [3.05, 3.63) is 60.2 Å². The Labute approximate surface area is 134 Å². The molecule has 0 spiro atoms. The summed E-state index contributed by atoms with van der Waals surface area (Å²) in [6, 6.07) is 11.0. The molecule has 1 aromatic carbocycles. The molecule has 23 heavy (non-hydrogen) atoms. The van der Waals surface area contributed by atoms with Gasteiger partial charge >= 0.3 is 0 Å². The van der Waals surface area contributed by atoms with Crippen molar-refractivity contribution in [2.45, 2.75) is 18.7 Å². The molecule has 8 heteroatoms. The average molecular weight is 329 g/mol. The first kappa shape index (κ1) is 15.2. The quantitative estimate of drug-likeness (QED) is 0.791.